The summed E-state index contributed by atoms with van der Waals surface area (Å²) in [7, 11) is 4.11. The summed E-state index contributed by atoms with van der Waals surface area (Å²) in [5, 5.41) is 4.41. The molecule has 0 aliphatic carbocycles. The van der Waals surface area contributed by atoms with Crippen molar-refractivity contribution in [3.8, 4) is 0 Å². The maximum atomic E-state index is 12.3. The van der Waals surface area contributed by atoms with Gasteiger partial charge >= 0.3 is 5.97 Å². The zero-order valence-electron chi connectivity index (χ0n) is 15.3. The molecule has 2 rings (SSSR count). The van der Waals surface area contributed by atoms with Gasteiger partial charge in [0.05, 0.1) is 17.8 Å². The van der Waals surface area contributed by atoms with Gasteiger partial charge < -0.3 is 15.0 Å². The van der Waals surface area contributed by atoms with Crippen molar-refractivity contribution < 1.29 is 9.53 Å². The minimum Gasteiger partial charge on any atom is -0.462 e. The Bertz CT molecular complexity index is 726. The van der Waals surface area contributed by atoms with E-state index >= 15 is 0 Å². The normalized spacial score (nSPS) is 11.1. The molecule has 0 bridgehead atoms. The third-order valence-corrected chi connectivity index (χ3v) is 3.89. The average Bonchev–Trinajstić information content (AvgIpc) is 2.51. The quantitative estimate of drug-likeness (QED) is 0.623. The molecule has 2 aromatic rings. The van der Waals surface area contributed by atoms with Gasteiger partial charge in [0.15, 0.2) is 0 Å². The fourth-order valence-electron chi connectivity index (χ4n) is 2.82. The lowest BCUT2D eigenvalue weighted by Crippen LogP contribution is -2.18. The Labute approximate surface area is 144 Å². The van der Waals surface area contributed by atoms with Crippen LogP contribution in [0.5, 0.6) is 0 Å². The highest BCUT2D eigenvalue weighted by Gasteiger charge is 2.17. The first-order valence-electron chi connectivity index (χ1n) is 8.39. The SMILES string of the molecule is CCOC(=O)c1cnc2c(C)cc(C)cc2c1NCCCN(C)C. The number of pyridine rings is 1. The van der Waals surface area contributed by atoms with Gasteiger partial charge in [0, 0.05) is 18.1 Å². The molecule has 1 N–H and O–H groups in total. The number of anilines is 1. The molecular weight excluding hydrogens is 302 g/mol. The summed E-state index contributed by atoms with van der Waals surface area (Å²) < 4.78 is 5.20. The van der Waals surface area contributed by atoms with Crippen LogP contribution in [0.3, 0.4) is 0 Å². The first-order valence-corrected chi connectivity index (χ1v) is 8.39. The number of carbonyl (C=O) groups excluding carboxylic acids is 1. The Hall–Kier alpha value is -2.14. The van der Waals surface area contributed by atoms with Crippen molar-refractivity contribution in [1.82, 2.24) is 9.88 Å². The predicted octanol–water partition coefficient (Wildman–Crippen LogP) is 3.39. The van der Waals surface area contributed by atoms with E-state index in [0.29, 0.717) is 12.2 Å². The van der Waals surface area contributed by atoms with Crippen molar-refractivity contribution in [2.75, 3.05) is 39.1 Å². The molecule has 0 unspecified atom stereocenters. The number of esters is 1. The highest BCUT2D eigenvalue weighted by atomic mass is 16.5. The summed E-state index contributed by atoms with van der Waals surface area (Å²) in [4.78, 5) is 18.9. The highest BCUT2D eigenvalue weighted by Crippen LogP contribution is 2.29. The van der Waals surface area contributed by atoms with Crippen LogP contribution in [0.4, 0.5) is 5.69 Å². The molecule has 5 nitrogen and oxygen atoms in total. The second-order valence-corrected chi connectivity index (χ2v) is 6.33. The summed E-state index contributed by atoms with van der Waals surface area (Å²) in [5.41, 5.74) is 4.50. The van der Waals surface area contributed by atoms with Crippen LogP contribution in [0.25, 0.3) is 10.9 Å². The number of fused-ring (bicyclic) bond motifs is 1. The number of aromatic nitrogens is 1. The number of carbonyl (C=O) groups is 1. The van der Waals surface area contributed by atoms with Gasteiger partial charge in [-0.2, -0.15) is 0 Å². The zero-order valence-corrected chi connectivity index (χ0v) is 15.3. The summed E-state index contributed by atoms with van der Waals surface area (Å²) in [6.07, 6.45) is 2.61. The summed E-state index contributed by atoms with van der Waals surface area (Å²) in [5.74, 6) is -0.332. The Balaban J connectivity index is 2.43. The molecule has 0 radical (unpaired) electrons. The maximum absolute atomic E-state index is 12.3. The number of rotatable bonds is 7. The lowest BCUT2D eigenvalue weighted by Gasteiger charge is -2.16. The van der Waals surface area contributed by atoms with E-state index in [4.69, 9.17) is 4.74 Å². The number of nitrogens with one attached hydrogen (secondary N) is 1. The molecule has 1 aromatic heterocycles. The third kappa shape index (κ3) is 4.23. The van der Waals surface area contributed by atoms with Crippen molar-refractivity contribution in [3.63, 3.8) is 0 Å². The van der Waals surface area contributed by atoms with Crippen LogP contribution in [0, 0.1) is 13.8 Å². The molecule has 0 spiro atoms. The van der Waals surface area contributed by atoms with Gasteiger partial charge in [-0.15, -0.1) is 0 Å². The molecule has 0 fully saturated rings. The van der Waals surface area contributed by atoms with E-state index in [1.165, 1.54) is 0 Å². The van der Waals surface area contributed by atoms with Crippen LogP contribution in [0.1, 0.15) is 34.8 Å². The number of hydrogen-bond acceptors (Lipinski definition) is 5. The standard InChI is InChI=1S/C19H27N3O2/c1-6-24-19(23)16-12-21-17-14(3)10-13(2)11-15(17)18(16)20-8-7-9-22(4)5/h10-12H,6-9H2,1-5H3,(H,20,21). The van der Waals surface area contributed by atoms with Crippen LogP contribution >= 0.6 is 0 Å². The van der Waals surface area contributed by atoms with Gasteiger partial charge in [-0.3, -0.25) is 4.98 Å². The molecule has 1 heterocycles. The largest absolute Gasteiger partial charge is 0.462 e. The molecule has 130 valence electrons. The molecular formula is C19H27N3O2. The van der Waals surface area contributed by atoms with E-state index < -0.39 is 0 Å². The first-order chi connectivity index (χ1) is 11.4. The predicted molar refractivity (Wildman–Crippen MR) is 98.8 cm³/mol. The van der Waals surface area contributed by atoms with Gasteiger partial charge in [-0.05, 0) is 59.5 Å². The molecule has 24 heavy (non-hydrogen) atoms. The molecule has 1 aromatic carbocycles. The van der Waals surface area contributed by atoms with Gasteiger partial charge in [0.25, 0.3) is 0 Å². The van der Waals surface area contributed by atoms with E-state index in [1.54, 1.807) is 6.20 Å². The number of aryl methyl sites for hydroxylation is 2. The number of benzene rings is 1. The Morgan fingerprint density at radius 3 is 2.71 bits per heavy atom. The van der Waals surface area contributed by atoms with Gasteiger partial charge in [-0.25, -0.2) is 4.79 Å². The first kappa shape index (κ1) is 18.2. The monoisotopic (exact) mass is 329 g/mol. The molecule has 5 heteroatoms. The van der Waals surface area contributed by atoms with Crippen molar-refractivity contribution >= 4 is 22.6 Å². The maximum Gasteiger partial charge on any atom is 0.341 e. The van der Waals surface area contributed by atoms with Gasteiger partial charge in [-0.1, -0.05) is 11.6 Å². The van der Waals surface area contributed by atoms with Crippen LogP contribution in [0.2, 0.25) is 0 Å². The zero-order chi connectivity index (χ0) is 17.7. The average molecular weight is 329 g/mol. The Morgan fingerprint density at radius 1 is 1.29 bits per heavy atom. The van der Waals surface area contributed by atoms with Crippen LogP contribution in [0.15, 0.2) is 18.3 Å². The van der Waals surface area contributed by atoms with Crippen LogP contribution < -0.4 is 5.32 Å². The van der Waals surface area contributed by atoms with E-state index in [2.05, 4.69) is 48.4 Å². The minimum atomic E-state index is -0.332. The molecule has 0 atom stereocenters. The lowest BCUT2D eigenvalue weighted by molar-refractivity contribution is 0.0527. The number of ether oxygens (including phenoxy) is 1. The van der Waals surface area contributed by atoms with Crippen LogP contribution in [-0.2, 0) is 4.74 Å². The van der Waals surface area contributed by atoms with E-state index in [0.717, 1.165) is 47.2 Å². The second kappa shape index (κ2) is 8.11. The fourth-order valence-corrected chi connectivity index (χ4v) is 2.82. The van der Waals surface area contributed by atoms with E-state index in [-0.39, 0.29) is 5.97 Å². The topological polar surface area (TPSA) is 54.5 Å². The Kier molecular flexibility index (Phi) is 6.15. The summed E-state index contributed by atoms with van der Waals surface area (Å²) >= 11 is 0. The highest BCUT2D eigenvalue weighted by molar-refractivity contribution is 6.05. The molecule has 0 aliphatic heterocycles. The Morgan fingerprint density at radius 2 is 2.04 bits per heavy atom. The molecule has 0 aliphatic rings. The van der Waals surface area contributed by atoms with Crippen LogP contribution in [-0.4, -0.2) is 49.6 Å². The minimum absolute atomic E-state index is 0.332. The van der Waals surface area contributed by atoms with Crippen molar-refractivity contribution in [2.45, 2.75) is 27.2 Å². The number of hydrogen-bond donors (Lipinski definition) is 1. The van der Waals surface area contributed by atoms with E-state index in [9.17, 15) is 4.79 Å². The summed E-state index contributed by atoms with van der Waals surface area (Å²) in [6.45, 7) is 8.04. The van der Waals surface area contributed by atoms with Gasteiger partial charge in [0.1, 0.15) is 5.56 Å². The lowest BCUT2D eigenvalue weighted by atomic mass is 10.0. The van der Waals surface area contributed by atoms with Crippen molar-refractivity contribution in [3.05, 3.63) is 35.0 Å². The van der Waals surface area contributed by atoms with Crippen molar-refractivity contribution in [2.24, 2.45) is 0 Å². The molecule has 0 saturated heterocycles. The third-order valence-electron chi connectivity index (χ3n) is 3.89. The fraction of sp³-hybridized carbons (Fsp3) is 0.474. The molecule has 0 amide bonds. The molecule has 0 saturated carbocycles. The van der Waals surface area contributed by atoms with Crippen molar-refractivity contribution in [1.29, 1.82) is 0 Å². The number of nitrogens with zero attached hydrogens (tertiary/aromatic N) is 2. The smallest absolute Gasteiger partial charge is 0.341 e. The summed E-state index contributed by atoms with van der Waals surface area (Å²) in [6, 6.07) is 4.18. The van der Waals surface area contributed by atoms with E-state index in [1.807, 2.05) is 13.8 Å². The van der Waals surface area contributed by atoms with Gasteiger partial charge in [0.2, 0.25) is 0 Å². The second-order valence-electron chi connectivity index (χ2n) is 6.33.